The number of halogens is 1. The van der Waals surface area contributed by atoms with Crippen LogP contribution in [-0.4, -0.2) is 10.8 Å². The number of non-ortho nitro benzene ring substituents is 1. The van der Waals surface area contributed by atoms with E-state index < -0.39 is 10.8 Å². The Bertz CT molecular complexity index is 1090. The van der Waals surface area contributed by atoms with Crippen LogP contribution in [0.5, 0.6) is 5.75 Å². The number of hydrogen-bond donors (Lipinski definition) is 1. The van der Waals surface area contributed by atoms with E-state index in [1.165, 1.54) is 18.2 Å². The maximum Gasteiger partial charge on any atom is 0.291 e. The molecule has 2 aromatic carbocycles. The molecule has 0 atom stereocenters. The first-order chi connectivity index (χ1) is 13.5. The molecule has 9 heteroatoms. The first kappa shape index (κ1) is 18.9. The zero-order valence-electron chi connectivity index (χ0n) is 14.2. The highest BCUT2D eigenvalue weighted by Crippen LogP contribution is 2.25. The van der Waals surface area contributed by atoms with Gasteiger partial charge in [-0.05, 0) is 30.3 Å². The predicted molar refractivity (Wildman–Crippen MR) is 100 cm³/mol. The number of nitrogens with one attached hydrogen (secondary N) is 1. The molecule has 0 aliphatic rings. The normalized spacial score (nSPS) is 10.1. The van der Waals surface area contributed by atoms with Gasteiger partial charge in [0.15, 0.2) is 5.76 Å². The zero-order valence-corrected chi connectivity index (χ0v) is 15.0. The third-order valence-electron chi connectivity index (χ3n) is 3.67. The molecule has 1 N–H and O–H groups in total. The molecule has 0 radical (unpaired) electrons. The first-order valence-corrected chi connectivity index (χ1v) is 8.31. The Morgan fingerprint density at radius 1 is 1.25 bits per heavy atom. The number of rotatable bonds is 6. The molecule has 0 aliphatic heterocycles. The summed E-state index contributed by atoms with van der Waals surface area (Å²) in [6.45, 7) is 0.0675. The molecule has 3 aromatic rings. The molecule has 28 heavy (non-hydrogen) atoms. The summed E-state index contributed by atoms with van der Waals surface area (Å²) in [4.78, 5) is 22.5. The lowest BCUT2D eigenvalue weighted by atomic mass is 10.1. The van der Waals surface area contributed by atoms with E-state index >= 15 is 0 Å². The number of para-hydroxylation sites is 1. The van der Waals surface area contributed by atoms with Gasteiger partial charge in [0.2, 0.25) is 0 Å². The highest BCUT2D eigenvalue weighted by molar-refractivity contribution is 6.32. The average Bonchev–Trinajstić information content (AvgIpc) is 3.16. The summed E-state index contributed by atoms with van der Waals surface area (Å²) in [5.74, 6) is 0.278. The van der Waals surface area contributed by atoms with Crippen LogP contribution in [0.4, 0.5) is 11.4 Å². The lowest BCUT2D eigenvalue weighted by molar-refractivity contribution is -0.384. The quantitative estimate of drug-likeness (QED) is 0.481. The minimum Gasteiger partial charge on any atom is -0.484 e. The van der Waals surface area contributed by atoms with E-state index in [9.17, 15) is 14.9 Å². The number of amides is 1. The number of ether oxygens (including phenoxy) is 1. The number of nitrogens with zero attached hydrogens (tertiary/aromatic N) is 2. The molecular formula is C19H12ClN3O5. The highest BCUT2D eigenvalue weighted by Gasteiger charge is 2.16. The van der Waals surface area contributed by atoms with Gasteiger partial charge in [-0.15, -0.1) is 0 Å². The van der Waals surface area contributed by atoms with E-state index in [4.69, 9.17) is 26.0 Å². The van der Waals surface area contributed by atoms with Crippen LogP contribution in [0.3, 0.4) is 0 Å². The van der Waals surface area contributed by atoms with Gasteiger partial charge in [-0.2, -0.15) is 5.26 Å². The molecule has 0 unspecified atom stereocenters. The van der Waals surface area contributed by atoms with Crippen LogP contribution in [0.1, 0.15) is 21.9 Å². The monoisotopic (exact) mass is 397 g/mol. The van der Waals surface area contributed by atoms with Crippen LogP contribution >= 0.6 is 11.6 Å². The number of hydrogen-bond acceptors (Lipinski definition) is 6. The van der Waals surface area contributed by atoms with Crippen LogP contribution in [-0.2, 0) is 6.61 Å². The maximum absolute atomic E-state index is 12.3. The Labute approximate surface area is 164 Å². The molecule has 0 fully saturated rings. The second-order valence-corrected chi connectivity index (χ2v) is 5.95. The average molecular weight is 398 g/mol. The lowest BCUT2D eigenvalue weighted by Gasteiger charge is -2.06. The second-order valence-electron chi connectivity index (χ2n) is 5.54. The zero-order chi connectivity index (χ0) is 20.1. The smallest absolute Gasteiger partial charge is 0.291 e. The predicted octanol–water partition coefficient (Wildman–Crippen LogP) is 4.54. The highest BCUT2D eigenvalue weighted by atomic mass is 35.5. The Kier molecular flexibility index (Phi) is 5.58. The standard InChI is InChI=1S/C19H12ClN3O5/c20-15-3-1-2-4-17(15)27-11-14-6-8-18(28-14)19(24)22-16-7-5-13(23(25)26)9-12(16)10-21/h1-9H,11H2,(H,22,24). The Hall–Kier alpha value is -3.83. The van der Waals surface area contributed by atoms with E-state index in [0.29, 0.717) is 16.5 Å². The minimum atomic E-state index is -0.621. The van der Waals surface area contributed by atoms with Gasteiger partial charge in [-0.25, -0.2) is 0 Å². The summed E-state index contributed by atoms with van der Waals surface area (Å²) in [7, 11) is 0. The van der Waals surface area contributed by atoms with Crippen molar-refractivity contribution in [3.63, 3.8) is 0 Å². The molecule has 0 aliphatic carbocycles. The molecule has 0 saturated carbocycles. The molecule has 3 rings (SSSR count). The van der Waals surface area contributed by atoms with Crippen molar-refractivity contribution in [2.45, 2.75) is 6.61 Å². The van der Waals surface area contributed by atoms with E-state index in [1.54, 1.807) is 30.3 Å². The first-order valence-electron chi connectivity index (χ1n) is 7.94. The van der Waals surface area contributed by atoms with Crippen molar-refractivity contribution in [2.75, 3.05) is 5.32 Å². The molecule has 0 spiro atoms. The van der Waals surface area contributed by atoms with Crippen LogP contribution in [0.2, 0.25) is 5.02 Å². The lowest BCUT2D eigenvalue weighted by Crippen LogP contribution is -2.12. The maximum atomic E-state index is 12.3. The van der Waals surface area contributed by atoms with Gasteiger partial charge < -0.3 is 14.5 Å². The number of nitro groups is 1. The van der Waals surface area contributed by atoms with Gasteiger partial charge >= 0.3 is 0 Å². The van der Waals surface area contributed by atoms with Crippen molar-refractivity contribution >= 4 is 28.9 Å². The van der Waals surface area contributed by atoms with Crippen LogP contribution in [0, 0.1) is 21.4 Å². The topological polar surface area (TPSA) is 118 Å². The van der Waals surface area contributed by atoms with Gasteiger partial charge in [-0.1, -0.05) is 23.7 Å². The summed E-state index contributed by atoms with van der Waals surface area (Å²) >= 11 is 6.01. The number of nitriles is 1. The summed E-state index contributed by atoms with van der Waals surface area (Å²) in [5.41, 5.74) is -0.133. The van der Waals surface area contributed by atoms with E-state index in [1.807, 2.05) is 6.07 Å². The Balaban J connectivity index is 1.68. The van der Waals surface area contributed by atoms with E-state index in [0.717, 1.165) is 6.07 Å². The van der Waals surface area contributed by atoms with Gasteiger partial charge in [0, 0.05) is 12.1 Å². The van der Waals surface area contributed by atoms with E-state index in [2.05, 4.69) is 5.32 Å². The van der Waals surface area contributed by atoms with Crippen molar-refractivity contribution < 1.29 is 18.9 Å². The van der Waals surface area contributed by atoms with E-state index in [-0.39, 0.29) is 29.3 Å². The number of benzene rings is 2. The Morgan fingerprint density at radius 2 is 2.04 bits per heavy atom. The van der Waals surface area contributed by atoms with Gasteiger partial charge in [0.25, 0.3) is 11.6 Å². The molecule has 0 bridgehead atoms. The molecule has 1 aromatic heterocycles. The molecular weight excluding hydrogens is 386 g/mol. The van der Waals surface area contributed by atoms with Crippen molar-refractivity contribution in [2.24, 2.45) is 0 Å². The van der Waals surface area contributed by atoms with Crippen molar-refractivity contribution in [1.29, 1.82) is 5.26 Å². The Morgan fingerprint density at radius 3 is 2.75 bits per heavy atom. The number of carbonyl (C=O) groups excluding carboxylic acids is 1. The number of nitro benzene ring substituents is 1. The SMILES string of the molecule is N#Cc1cc([N+](=O)[O-])ccc1NC(=O)c1ccc(COc2ccccc2Cl)o1. The summed E-state index contributed by atoms with van der Waals surface area (Å²) < 4.78 is 11.0. The number of carbonyl (C=O) groups is 1. The summed E-state index contributed by atoms with van der Waals surface area (Å²) in [6.07, 6.45) is 0. The minimum absolute atomic E-state index is 0.00000110. The molecule has 0 saturated heterocycles. The number of furan rings is 1. The third-order valence-corrected chi connectivity index (χ3v) is 3.99. The largest absolute Gasteiger partial charge is 0.484 e. The van der Waals surface area contributed by atoms with Crippen molar-refractivity contribution in [3.05, 3.63) is 86.8 Å². The van der Waals surface area contributed by atoms with Crippen LogP contribution in [0.25, 0.3) is 0 Å². The van der Waals surface area contributed by atoms with Gasteiger partial charge in [0.1, 0.15) is 24.2 Å². The number of anilines is 1. The van der Waals surface area contributed by atoms with Crippen LogP contribution < -0.4 is 10.1 Å². The van der Waals surface area contributed by atoms with Gasteiger partial charge in [-0.3, -0.25) is 14.9 Å². The molecule has 140 valence electrons. The third kappa shape index (κ3) is 4.28. The summed E-state index contributed by atoms with van der Waals surface area (Å²) in [6, 6.07) is 15.4. The van der Waals surface area contributed by atoms with Crippen LogP contribution in [0.15, 0.2) is 59.0 Å². The summed E-state index contributed by atoms with van der Waals surface area (Å²) in [5, 5.41) is 22.9. The second kappa shape index (κ2) is 8.24. The van der Waals surface area contributed by atoms with Gasteiger partial charge in [0.05, 0.1) is 21.2 Å². The fourth-order valence-electron chi connectivity index (χ4n) is 2.32. The molecule has 8 nitrogen and oxygen atoms in total. The molecule has 1 heterocycles. The fraction of sp³-hybridized carbons (Fsp3) is 0.0526. The van der Waals surface area contributed by atoms with Crippen molar-refractivity contribution in [1.82, 2.24) is 0 Å². The fourth-order valence-corrected chi connectivity index (χ4v) is 2.51. The van der Waals surface area contributed by atoms with Crippen molar-refractivity contribution in [3.8, 4) is 11.8 Å². The molecule has 1 amide bonds.